The van der Waals surface area contributed by atoms with E-state index < -0.39 is 11.1 Å². The molecule has 7 heteroatoms. The van der Waals surface area contributed by atoms with Gasteiger partial charge in [0.15, 0.2) is 0 Å². The van der Waals surface area contributed by atoms with Gasteiger partial charge < -0.3 is 4.12 Å². The van der Waals surface area contributed by atoms with Gasteiger partial charge in [-0.1, -0.05) is 61.2 Å². The van der Waals surface area contributed by atoms with Crippen molar-refractivity contribution < 1.29 is 4.12 Å². The second-order valence-electron chi connectivity index (χ2n) is 1.72. The predicted molar refractivity (Wildman–Crippen MR) is 60.0 cm³/mol. The maximum Gasteiger partial charge on any atom is 0.323 e. The fourth-order valence-corrected chi connectivity index (χ4v) is 22.3. The predicted octanol–water partition coefficient (Wildman–Crippen LogP) is 3.72. The Labute approximate surface area is 88.5 Å². The Kier molecular flexibility index (Phi) is 4.80. The molecule has 0 aliphatic heterocycles. The van der Waals surface area contributed by atoms with Gasteiger partial charge >= 0.3 is 11.1 Å². The van der Waals surface area contributed by atoms with Crippen molar-refractivity contribution in [3.8, 4) is 0 Å². The van der Waals surface area contributed by atoms with Crippen molar-refractivity contribution in [2.24, 2.45) is 0 Å². The fraction of sp³-hybridized carbons (Fsp3) is 1.00. The average molecular weight is 422 g/mol. The summed E-state index contributed by atoms with van der Waals surface area (Å²) >= 11 is 13.7. The monoisotopic (exact) mass is 418 g/mol. The zero-order valence-corrected chi connectivity index (χ0v) is 13.3. The molecule has 0 aliphatic rings. The highest BCUT2D eigenvalue weighted by molar-refractivity contribution is 9.52. The van der Waals surface area contributed by atoms with Crippen molar-refractivity contribution in [2.75, 3.05) is 0 Å². The van der Waals surface area contributed by atoms with Crippen LogP contribution in [0.3, 0.4) is 0 Å². The van der Waals surface area contributed by atoms with Crippen molar-refractivity contribution in [3.05, 3.63) is 0 Å². The number of hydrogen-bond acceptors (Lipinski definition) is 1. The minimum atomic E-state index is -1.70. The van der Waals surface area contributed by atoms with Crippen LogP contribution in [-0.2, 0) is 4.12 Å². The summed E-state index contributed by atoms with van der Waals surface area (Å²) in [5, 5.41) is 0. The van der Waals surface area contributed by atoms with Gasteiger partial charge in [0.2, 0.25) is 0 Å². The zero-order valence-electron chi connectivity index (χ0n) is 4.92. The third kappa shape index (κ3) is 10.3. The Morgan fingerprint density at radius 1 is 0.889 bits per heavy atom. The molecule has 0 amide bonds. The van der Waals surface area contributed by atoms with Crippen molar-refractivity contribution >= 4 is 72.3 Å². The molecular formula is C2H6Br4OSi2. The maximum atomic E-state index is 5.57. The lowest BCUT2D eigenvalue weighted by atomic mass is 11.9. The second kappa shape index (κ2) is 3.82. The molecule has 0 bridgehead atoms. The Balaban J connectivity index is 3.75. The first-order valence-electron chi connectivity index (χ1n) is 2.16. The van der Waals surface area contributed by atoms with Crippen LogP contribution in [0.25, 0.3) is 0 Å². The van der Waals surface area contributed by atoms with E-state index in [-0.39, 0.29) is 0 Å². The molecule has 0 heterocycles. The summed E-state index contributed by atoms with van der Waals surface area (Å²) in [4.78, 5) is 0. The lowest BCUT2D eigenvalue weighted by Crippen LogP contribution is -2.30. The van der Waals surface area contributed by atoms with Crippen molar-refractivity contribution in [1.82, 2.24) is 0 Å². The van der Waals surface area contributed by atoms with Gasteiger partial charge in [0.25, 0.3) is 0 Å². The van der Waals surface area contributed by atoms with Crippen LogP contribution in [0.15, 0.2) is 0 Å². The molecule has 0 saturated carbocycles. The molecular weight excluding hydrogens is 416 g/mol. The van der Waals surface area contributed by atoms with E-state index in [0.717, 1.165) is 0 Å². The summed E-state index contributed by atoms with van der Waals surface area (Å²) in [6, 6.07) is 0. The summed E-state index contributed by atoms with van der Waals surface area (Å²) in [5.74, 6) is 0. The Morgan fingerprint density at radius 3 is 1.11 bits per heavy atom. The summed E-state index contributed by atoms with van der Waals surface area (Å²) < 4.78 is 5.57. The molecule has 0 radical (unpaired) electrons. The molecule has 0 N–H and O–H groups in total. The van der Waals surface area contributed by atoms with Gasteiger partial charge in [-0.2, -0.15) is 0 Å². The molecule has 9 heavy (non-hydrogen) atoms. The van der Waals surface area contributed by atoms with Crippen LogP contribution < -0.4 is 0 Å². The summed E-state index contributed by atoms with van der Waals surface area (Å²) in [6.07, 6.45) is 0. The van der Waals surface area contributed by atoms with Crippen LogP contribution >= 0.6 is 61.2 Å². The van der Waals surface area contributed by atoms with Crippen LogP contribution in [0.1, 0.15) is 0 Å². The fourth-order valence-electron chi connectivity index (χ4n) is 0.315. The molecule has 0 fully saturated rings. The minimum Gasteiger partial charge on any atom is -0.424 e. The molecule has 0 spiro atoms. The second-order valence-corrected chi connectivity index (χ2v) is 30.3. The smallest absolute Gasteiger partial charge is 0.323 e. The van der Waals surface area contributed by atoms with Crippen LogP contribution in [-0.4, -0.2) is 11.1 Å². The molecule has 1 nitrogen and oxygen atoms in total. The third-order valence-electron chi connectivity index (χ3n) is 0.358. The Hall–Kier alpha value is 2.31. The highest BCUT2D eigenvalue weighted by atomic mass is 79.9. The quantitative estimate of drug-likeness (QED) is 0.488. The lowest BCUT2D eigenvalue weighted by Gasteiger charge is -2.20. The normalized spacial score (nSPS) is 14.0. The molecule has 56 valence electrons. The standard InChI is InChI=1S/C2H6Br4OSi2/c1-8(3,4)7-9(2,5)6/h1-2H3. The van der Waals surface area contributed by atoms with Gasteiger partial charge in [0.05, 0.1) is 0 Å². The Bertz CT molecular complexity index is 81.7. The van der Waals surface area contributed by atoms with E-state index >= 15 is 0 Å². The van der Waals surface area contributed by atoms with E-state index in [1.165, 1.54) is 0 Å². The third-order valence-corrected chi connectivity index (χ3v) is 9.05. The molecule has 0 unspecified atom stereocenters. The van der Waals surface area contributed by atoms with Gasteiger partial charge in [-0.25, -0.2) is 0 Å². The van der Waals surface area contributed by atoms with Gasteiger partial charge in [0.1, 0.15) is 0 Å². The SMILES string of the molecule is C[Si](Br)(Br)O[Si](C)(Br)Br. The van der Waals surface area contributed by atoms with Crippen LogP contribution in [0.2, 0.25) is 13.1 Å². The van der Waals surface area contributed by atoms with E-state index in [9.17, 15) is 0 Å². The Morgan fingerprint density at radius 2 is 1.11 bits per heavy atom. The number of hydrogen-bond donors (Lipinski definition) is 0. The van der Waals surface area contributed by atoms with Crippen molar-refractivity contribution in [3.63, 3.8) is 0 Å². The molecule has 0 aromatic rings. The largest absolute Gasteiger partial charge is 0.424 e. The topological polar surface area (TPSA) is 9.23 Å². The van der Waals surface area contributed by atoms with E-state index in [1.54, 1.807) is 0 Å². The molecule has 0 aromatic carbocycles. The molecule has 0 rings (SSSR count). The highest BCUT2D eigenvalue weighted by Crippen LogP contribution is 2.31. The number of halogens is 4. The minimum absolute atomic E-state index is 1.70. The van der Waals surface area contributed by atoms with Gasteiger partial charge in [-0.3, -0.25) is 0 Å². The first-order valence-corrected chi connectivity index (χ1v) is 16.0. The summed E-state index contributed by atoms with van der Waals surface area (Å²) in [6.45, 7) is 4.03. The van der Waals surface area contributed by atoms with E-state index in [2.05, 4.69) is 61.2 Å². The summed E-state index contributed by atoms with van der Waals surface area (Å²) in [7, 11) is 0. The molecule has 0 saturated heterocycles. The van der Waals surface area contributed by atoms with Crippen LogP contribution in [0.5, 0.6) is 0 Å². The highest BCUT2D eigenvalue weighted by Gasteiger charge is 2.32. The molecule has 0 atom stereocenters. The van der Waals surface area contributed by atoms with Gasteiger partial charge in [-0.05, 0) is 13.1 Å². The number of rotatable bonds is 2. The van der Waals surface area contributed by atoms with Gasteiger partial charge in [0, 0.05) is 0 Å². The first kappa shape index (κ1) is 11.3. The summed E-state index contributed by atoms with van der Waals surface area (Å²) in [5.41, 5.74) is -3.40. The molecule has 0 aromatic heterocycles. The lowest BCUT2D eigenvalue weighted by molar-refractivity contribution is 0.631. The average Bonchev–Trinajstić information content (AvgIpc) is 1.14. The first-order chi connectivity index (χ1) is 3.71. The van der Waals surface area contributed by atoms with Crippen molar-refractivity contribution in [2.45, 2.75) is 13.1 Å². The molecule has 0 aliphatic carbocycles. The van der Waals surface area contributed by atoms with Gasteiger partial charge in [-0.15, -0.1) is 0 Å². The van der Waals surface area contributed by atoms with E-state index in [4.69, 9.17) is 4.12 Å². The maximum absolute atomic E-state index is 5.57. The van der Waals surface area contributed by atoms with Crippen LogP contribution in [0.4, 0.5) is 0 Å². The zero-order chi connectivity index (χ0) is 7.71. The van der Waals surface area contributed by atoms with E-state index in [1.807, 2.05) is 13.1 Å². The van der Waals surface area contributed by atoms with Crippen molar-refractivity contribution in [1.29, 1.82) is 0 Å². The van der Waals surface area contributed by atoms with E-state index in [0.29, 0.717) is 0 Å². The van der Waals surface area contributed by atoms with Crippen LogP contribution in [0, 0.1) is 0 Å².